The van der Waals surface area contributed by atoms with E-state index in [1.165, 1.54) is 31.7 Å². The SMILES string of the molecule is Cn1cc(S(=O)(=O)Cl)cc1C(=O)NCC(C)(C)S(C)(=O)=O. The number of carbonyl (C=O) groups is 1. The number of amides is 1. The quantitative estimate of drug-likeness (QED) is 0.774. The lowest BCUT2D eigenvalue weighted by Gasteiger charge is -2.22. The molecule has 0 saturated carbocycles. The molecule has 0 aliphatic rings. The molecule has 21 heavy (non-hydrogen) atoms. The van der Waals surface area contributed by atoms with Gasteiger partial charge in [0.1, 0.15) is 10.6 Å². The highest BCUT2D eigenvalue weighted by Gasteiger charge is 2.31. The van der Waals surface area contributed by atoms with E-state index in [0.717, 1.165) is 12.3 Å². The highest BCUT2D eigenvalue weighted by Crippen LogP contribution is 2.18. The van der Waals surface area contributed by atoms with Crippen LogP contribution in [-0.2, 0) is 25.9 Å². The Balaban J connectivity index is 2.95. The van der Waals surface area contributed by atoms with Gasteiger partial charge in [0.05, 0.1) is 4.75 Å². The van der Waals surface area contributed by atoms with E-state index in [2.05, 4.69) is 5.32 Å². The molecule has 0 aliphatic carbocycles. The van der Waals surface area contributed by atoms with Crippen LogP contribution < -0.4 is 5.32 Å². The number of halogens is 1. The van der Waals surface area contributed by atoms with Gasteiger partial charge in [0.25, 0.3) is 15.0 Å². The Hall–Kier alpha value is -1.06. The third-order valence-corrected chi connectivity index (χ3v) is 6.65. The summed E-state index contributed by atoms with van der Waals surface area (Å²) in [5.41, 5.74) is 0.0681. The van der Waals surface area contributed by atoms with Crippen molar-refractivity contribution in [2.24, 2.45) is 7.05 Å². The van der Waals surface area contributed by atoms with Crippen LogP contribution in [0.2, 0.25) is 0 Å². The van der Waals surface area contributed by atoms with Gasteiger partial charge in [0.15, 0.2) is 9.84 Å². The number of hydrogen-bond donors (Lipinski definition) is 1. The van der Waals surface area contributed by atoms with E-state index >= 15 is 0 Å². The molecule has 1 aromatic rings. The molecule has 1 rings (SSSR count). The number of hydrogen-bond acceptors (Lipinski definition) is 5. The van der Waals surface area contributed by atoms with Crippen molar-refractivity contribution in [3.05, 3.63) is 18.0 Å². The Bertz CT molecular complexity index is 763. The van der Waals surface area contributed by atoms with Crippen LogP contribution in [0.15, 0.2) is 17.2 Å². The number of sulfone groups is 1. The zero-order valence-electron chi connectivity index (χ0n) is 12.0. The van der Waals surface area contributed by atoms with Crippen molar-refractivity contribution in [1.82, 2.24) is 9.88 Å². The van der Waals surface area contributed by atoms with E-state index in [0.29, 0.717) is 0 Å². The highest BCUT2D eigenvalue weighted by molar-refractivity contribution is 8.13. The van der Waals surface area contributed by atoms with Gasteiger partial charge in [-0.05, 0) is 19.9 Å². The first-order valence-corrected chi connectivity index (χ1v) is 10.0. The molecule has 0 radical (unpaired) electrons. The van der Waals surface area contributed by atoms with Crippen LogP contribution in [0.5, 0.6) is 0 Å². The Morgan fingerprint density at radius 1 is 1.33 bits per heavy atom. The number of aromatic nitrogens is 1. The van der Waals surface area contributed by atoms with Crippen LogP contribution in [-0.4, -0.2) is 44.9 Å². The average Bonchev–Trinajstić information content (AvgIpc) is 2.66. The van der Waals surface area contributed by atoms with Crippen molar-refractivity contribution in [3.8, 4) is 0 Å². The van der Waals surface area contributed by atoms with Crippen LogP contribution in [0.4, 0.5) is 0 Å². The minimum atomic E-state index is -3.93. The summed E-state index contributed by atoms with van der Waals surface area (Å²) < 4.78 is 45.7. The summed E-state index contributed by atoms with van der Waals surface area (Å²) in [6, 6.07) is 1.13. The van der Waals surface area contributed by atoms with E-state index in [4.69, 9.17) is 10.7 Å². The van der Waals surface area contributed by atoms with Crippen LogP contribution in [0, 0.1) is 0 Å². The Labute approximate surface area is 128 Å². The fourth-order valence-electron chi connectivity index (χ4n) is 1.41. The smallest absolute Gasteiger partial charge is 0.267 e. The summed E-state index contributed by atoms with van der Waals surface area (Å²) in [4.78, 5) is 11.8. The first kappa shape index (κ1) is 18.0. The standard InChI is InChI=1S/C11H17ClN2O5S2/c1-11(2,20(4,16)17)7-13-10(15)9-5-8(6-14(9)3)21(12,18)19/h5-6H,7H2,1-4H3,(H,13,15). The third-order valence-electron chi connectivity index (χ3n) is 3.17. The number of nitrogens with one attached hydrogen (secondary N) is 1. The van der Waals surface area contributed by atoms with Crippen molar-refractivity contribution >= 4 is 35.5 Å². The molecule has 0 aromatic carbocycles. The van der Waals surface area contributed by atoms with Crippen molar-refractivity contribution < 1.29 is 21.6 Å². The van der Waals surface area contributed by atoms with Gasteiger partial charge in [-0.15, -0.1) is 0 Å². The van der Waals surface area contributed by atoms with E-state index < -0.39 is 29.5 Å². The van der Waals surface area contributed by atoms with Gasteiger partial charge in [-0.2, -0.15) is 0 Å². The summed E-state index contributed by atoms with van der Waals surface area (Å²) in [6.45, 7) is 2.88. The molecule has 0 saturated heterocycles. The van der Waals surface area contributed by atoms with Crippen molar-refractivity contribution in [2.75, 3.05) is 12.8 Å². The zero-order chi connectivity index (χ0) is 16.6. The van der Waals surface area contributed by atoms with Crippen LogP contribution in [0.3, 0.4) is 0 Å². The molecule has 1 heterocycles. The summed E-state index contributed by atoms with van der Waals surface area (Å²) in [5.74, 6) is -0.583. The van der Waals surface area contributed by atoms with Gasteiger partial charge in [-0.3, -0.25) is 4.79 Å². The number of carbonyl (C=O) groups excluding carboxylic acids is 1. The molecule has 0 aliphatic heterocycles. The highest BCUT2D eigenvalue weighted by atomic mass is 35.7. The fraction of sp³-hybridized carbons (Fsp3) is 0.545. The molecule has 0 spiro atoms. The van der Waals surface area contributed by atoms with E-state index in [-0.39, 0.29) is 17.1 Å². The van der Waals surface area contributed by atoms with Gasteiger partial charge in [-0.25, -0.2) is 16.8 Å². The molecule has 1 amide bonds. The number of aryl methyl sites for hydroxylation is 1. The minimum absolute atomic E-state index is 0.0681. The van der Waals surface area contributed by atoms with Gasteiger partial charge < -0.3 is 9.88 Å². The molecule has 7 nitrogen and oxygen atoms in total. The summed E-state index contributed by atoms with van der Waals surface area (Å²) in [5, 5.41) is 2.47. The van der Waals surface area contributed by atoms with Crippen LogP contribution in [0.25, 0.3) is 0 Å². The van der Waals surface area contributed by atoms with E-state index in [9.17, 15) is 21.6 Å². The summed E-state index contributed by atoms with van der Waals surface area (Å²) in [6.07, 6.45) is 2.29. The van der Waals surface area contributed by atoms with Gasteiger partial charge >= 0.3 is 0 Å². The molecular formula is C11H17ClN2O5S2. The minimum Gasteiger partial charge on any atom is -0.349 e. The predicted octanol–water partition coefficient (Wildman–Crippen LogP) is 0.506. The van der Waals surface area contributed by atoms with Crippen molar-refractivity contribution in [2.45, 2.75) is 23.5 Å². The lowest BCUT2D eigenvalue weighted by atomic mass is 10.2. The third kappa shape index (κ3) is 4.21. The van der Waals surface area contributed by atoms with Gasteiger partial charge in [0, 0.05) is 36.7 Å². The van der Waals surface area contributed by atoms with Gasteiger partial charge in [0.2, 0.25) is 0 Å². The average molecular weight is 357 g/mol. The Morgan fingerprint density at radius 2 is 1.86 bits per heavy atom. The Kier molecular flexibility index (Phi) is 4.81. The summed E-state index contributed by atoms with van der Waals surface area (Å²) in [7, 11) is -0.582. The van der Waals surface area contributed by atoms with E-state index in [1.807, 2.05) is 0 Å². The lowest BCUT2D eigenvalue weighted by Crippen LogP contribution is -2.44. The van der Waals surface area contributed by atoms with Crippen LogP contribution in [0.1, 0.15) is 24.3 Å². The maximum Gasteiger partial charge on any atom is 0.267 e. The second-order valence-electron chi connectivity index (χ2n) is 5.32. The second kappa shape index (κ2) is 5.62. The topological polar surface area (TPSA) is 102 Å². The monoisotopic (exact) mass is 356 g/mol. The maximum atomic E-state index is 12.0. The Morgan fingerprint density at radius 3 is 2.24 bits per heavy atom. The molecule has 10 heteroatoms. The zero-order valence-corrected chi connectivity index (χ0v) is 14.4. The molecule has 1 aromatic heterocycles. The molecule has 1 N–H and O–H groups in total. The van der Waals surface area contributed by atoms with Gasteiger partial charge in [-0.1, -0.05) is 0 Å². The first-order valence-electron chi connectivity index (χ1n) is 5.84. The second-order valence-corrected chi connectivity index (χ2v) is 10.5. The van der Waals surface area contributed by atoms with Crippen molar-refractivity contribution in [1.29, 1.82) is 0 Å². The number of nitrogens with zero attached hydrogens (tertiary/aromatic N) is 1. The lowest BCUT2D eigenvalue weighted by molar-refractivity contribution is 0.0942. The molecule has 120 valence electrons. The molecule has 0 bridgehead atoms. The van der Waals surface area contributed by atoms with E-state index in [1.54, 1.807) is 0 Å². The molecule has 0 atom stereocenters. The number of rotatable bonds is 5. The first-order chi connectivity index (χ1) is 9.25. The fourth-order valence-corrected chi connectivity index (χ4v) is 2.53. The summed E-state index contributed by atoms with van der Waals surface area (Å²) >= 11 is 0. The molecule has 0 fully saturated rings. The maximum absolute atomic E-state index is 12.0. The predicted molar refractivity (Wildman–Crippen MR) is 79.7 cm³/mol. The normalized spacial score (nSPS) is 13.2. The largest absolute Gasteiger partial charge is 0.349 e. The van der Waals surface area contributed by atoms with Crippen LogP contribution >= 0.6 is 10.7 Å². The van der Waals surface area contributed by atoms with Crippen molar-refractivity contribution in [3.63, 3.8) is 0 Å². The molecular weight excluding hydrogens is 340 g/mol. The molecule has 0 unspecified atom stereocenters.